The molecular weight excluding hydrogens is 360 g/mol. The molecule has 27 heavy (non-hydrogen) atoms. The summed E-state index contributed by atoms with van der Waals surface area (Å²) in [5, 5.41) is 21.8. The molecule has 2 aromatic rings. The quantitative estimate of drug-likeness (QED) is 0.302. The van der Waals surface area contributed by atoms with E-state index in [1.807, 2.05) is 54.8 Å². The first-order valence-electron chi connectivity index (χ1n) is 9.14. The lowest BCUT2D eigenvalue weighted by Gasteiger charge is -2.22. The Morgan fingerprint density at radius 1 is 1.11 bits per heavy atom. The van der Waals surface area contributed by atoms with Gasteiger partial charge < -0.3 is 21.1 Å². The number of aliphatic imine (C=N–C) groups is 1. The molecule has 0 saturated heterocycles. The maximum Gasteiger partial charge on any atom is 0.261 e. The lowest BCUT2D eigenvalue weighted by atomic mass is 9.96. The second-order valence-electron chi connectivity index (χ2n) is 6.35. The molecule has 0 radical (unpaired) electrons. The maximum absolute atomic E-state index is 11.9. The molecule has 1 aromatic carbocycles. The SMILES string of the molecule is CCNC(=NCC(C)(O)c1ccccc1)NCCCNC(=O)c1cccs1. The fourth-order valence-electron chi connectivity index (χ4n) is 2.46. The zero-order valence-corrected chi connectivity index (χ0v) is 16.7. The average Bonchev–Trinajstić information content (AvgIpc) is 3.21. The zero-order chi connectivity index (χ0) is 19.5. The molecule has 6 nitrogen and oxygen atoms in total. The first-order valence-corrected chi connectivity index (χ1v) is 10.0. The molecule has 1 aromatic heterocycles. The molecule has 2 rings (SSSR count). The summed E-state index contributed by atoms with van der Waals surface area (Å²) in [7, 11) is 0. The van der Waals surface area contributed by atoms with Crippen molar-refractivity contribution < 1.29 is 9.90 Å². The van der Waals surface area contributed by atoms with E-state index < -0.39 is 5.60 Å². The van der Waals surface area contributed by atoms with E-state index in [-0.39, 0.29) is 12.5 Å². The van der Waals surface area contributed by atoms with Crippen molar-refractivity contribution in [2.75, 3.05) is 26.2 Å². The molecule has 0 spiro atoms. The molecule has 0 fully saturated rings. The maximum atomic E-state index is 11.9. The van der Waals surface area contributed by atoms with Gasteiger partial charge in [-0.05, 0) is 37.3 Å². The lowest BCUT2D eigenvalue weighted by molar-refractivity contribution is 0.0672. The standard InChI is InChI=1S/C20H28N4O2S/c1-3-21-19(24-15-20(2,26)16-9-5-4-6-10-16)23-13-8-12-22-18(25)17-11-7-14-27-17/h4-7,9-11,14,26H,3,8,12-13,15H2,1-2H3,(H,22,25)(H2,21,23,24). The average molecular weight is 389 g/mol. The fraction of sp³-hybridized carbons (Fsp3) is 0.400. The minimum atomic E-state index is -1.03. The molecule has 146 valence electrons. The number of thiophene rings is 1. The summed E-state index contributed by atoms with van der Waals surface area (Å²) in [6.07, 6.45) is 0.774. The molecule has 1 unspecified atom stereocenters. The third-order valence-electron chi connectivity index (χ3n) is 3.96. The highest BCUT2D eigenvalue weighted by Gasteiger charge is 2.22. The smallest absolute Gasteiger partial charge is 0.261 e. The van der Waals surface area contributed by atoms with Crippen LogP contribution < -0.4 is 16.0 Å². The summed E-state index contributed by atoms with van der Waals surface area (Å²) in [6, 6.07) is 13.2. The normalized spacial score (nSPS) is 13.7. The minimum absolute atomic E-state index is 0.0375. The highest BCUT2D eigenvalue weighted by Crippen LogP contribution is 2.20. The van der Waals surface area contributed by atoms with Gasteiger partial charge in [-0.25, -0.2) is 4.99 Å². The third-order valence-corrected chi connectivity index (χ3v) is 4.83. The van der Waals surface area contributed by atoms with Gasteiger partial charge in [0.25, 0.3) is 5.91 Å². The van der Waals surface area contributed by atoms with Crippen molar-refractivity contribution in [3.8, 4) is 0 Å². The van der Waals surface area contributed by atoms with Gasteiger partial charge in [-0.15, -0.1) is 11.3 Å². The molecule has 1 heterocycles. The number of hydrogen-bond donors (Lipinski definition) is 4. The van der Waals surface area contributed by atoms with E-state index >= 15 is 0 Å². The van der Waals surface area contributed by atoms with Crippen molar-refractivity contribution in [3.05, 3.63) is 58.3 Å². The first-order chi connectivity index (χ1) is 13.0. The van der Waals surface area contributed by atoms with Crippen LogP contribution in [0.2, 0.25) is 0 Å². The number of rotatable bonds is 9. The molecule has 0 aliphatic carbocycles. The molecule has 1 amide bonds. The number of aliphatic hydroxyl groups is 1. The van der Waals surface area contributed by atoms with Crippen LogP contribution in [0, 0.1) is 0 Å². The van der Waals surface area contributed by atoms with Crippen LogP contribution in [0.4, 0.5) is 0 Å². The molecule has 7 heteroatoms. The van der Waals surface area contributed by atoms with Gasteiger partial charge in [-0.1, -0.05) is 36.4 Å². The number of carbonyl (C=O) groups excluding carboxylic acids is 1. The largest absolute Gasteiger partial charge is 0.384 e. The Hall–Kier alpha value is -2.38. The molecule has 0 bridgehead atoms. The van der Waals surface area contributed by atoms with Gasteiger partial charge in [0.05, 0.1) is 11.4 Å². The van der Waals surface area contributed by atoms with E-state index in [1.165, 1.54) is 11.3 Å². The van der Waals surface area contributed by atoms with Gasteiger partial charge in [0.15, 0.2) is 5.96 Å². The van der Waals surface area contributed by atoms with Crippen LogP contribution >= 0.6 is 11.3 Å². The van der Waals surface area contributed by atoms with Crippen LogP contribution in [-0.4, -0.2) is 43.2 Å². The highest BCUT2D eigenvalue weighted by molar-refractivity contribution is 7.12. The van der Waals surface area contributed by atoms with Crippen molar-refractivity contribution >= 4 is 23.2 Å². The van der Waals surface area contributed by atoms with Crippen LogP contribution in [0.25, 0.3) is 0 Å². The van der Waals surface area contributed by atoms with Gasteiger partial charge in [0.2, 0.25) is 0 Å². The Morgan fingerprint density at radius 3 is 2.52 bits per heavy atom. The summed E-state index contributed by atoms with van der Waals surface area (Å²) in [5.41, 5.74) is -0.195. The van der Waals surface area contributed by atoms with Crippen molar-refractivity contribution in [1.29, 1.82) is 0 Å². The summed E-state index contributed by atoms with van der Waals surface area (Å²) in [6.45, 7) is 5.99. The van der Waals surface area contributed by atoms with Gasteiger partial charge >= 0.3 is 0 Å². The van der Waals surface area contributed by atoms with E-state index in [1.54, 1.807) is 6.92 Å². The fourth-order valence-corrected chi connectivity index (χ4v) is 3.10. The summed E-state index contributed by atoms with van der Waals surface area (Å²) in [5.74, 6) is 0.614. The van der Waals surface area contributed by atoms with E-state index in [2.05, 4.69) is 20.9 Å². The van der Waals surface area contributed by atoms with E-state index in [4.69, 9.17) is 0 Å². The van der Waals surface area contributed by atoms with Gasteiger partial charge in [0, 0.05) is 19.6 Å². The van der Waals surface area contributed by atoms with E-state index in [9.17, 15) is 9.90 Å². The molecule has 0 aliphatic rings. The summed E-state index contributed by atoms with van der Waals surface area (Å²) >= 11 is 1.43. The summed E-state index contributed by atoms with van der Waals surface area (Å²) in [4.78, 5) is 17.1. The van der Waals surface area contributed by atoms with Crippen LogP contribution in [-0.2, 0) is 5.60 Å². The van der Waals surface area contributed by atoms with E-state index in [0.717, 1.165) is 23.4 Å². The third kappa shape index (κ3) is 7.03. The minimum Gasteiger partial charge on any atom is -0.384 e. The Balaban J connectivity index is 1.77. The number of amides is 1. The number of carbonyl (C=O) groups is 1. The predicted octanol–water partition coefficient (Wildman–Crippen LogP) is 2.33. The second kappa shape index (κ2) is 10.7. The highest BCUT2D eigenvalue weighted by atomic mass is 32.1. The number of hydrogen-bond acceptors (Lipinski definition) is 4. The molecule has 4 N–H and O–H groups in total. The van der Waals surface area contributed by atoms with Crippen molar-refractivity contribution in [2.24, 2.45) is 4.99 Å². The zero-order valence-electron chi connectivity index (χ0n) is 15.9. The van der Waals surface area contributed by atoms with Crippen molar-refractivity contribution in [2.45, 2.75) is 25.9 Å². The van der Waals surface area contributed by atoms with Gasteiger partial charge in [-0.2, -0.15) is 0 Å². The summed E-state index contributed by atoms with van der Waals surface area (Å²) < 4.78 is 0. The lowest BCUT2D eigenvalue weighted by Crippen LogP contribution is -2.40. The monoisotopic (exact) mass is 388 g/mol. The second-order valence-corrected chi connectivity index (χ2v) is 7.30. The topological polar surface area (TPSA) is 85.8 Å². The van der Waals surface area contributed by atoms with Crippen LogP contribution in [0.1, 0.15) is 35.5 Å². The van der Waals surface area contributed by atoms with Gasteiger partial charge in [-0.3, -0.25) is 4.79 Å². The number of nitrogens with zero attached hydrogens (tertiary/aromatic N) is 1. The molecule has 1 atom stereocenters. The molecule has 0 aliphatic heterocycles. The predicted molar refractivity (Wildman–Crippen MR) is 111 cm³/mol. The molecule has 0 saturated carbocycles. The van der Waals surface area contributed by atoms with E-state index in [0.29, 0.717) is 19.0 Å². The Labute approximate surface area is 164 Å². The Morgan fingerprint density at radius 2 is 1.85 bits per heavy atom. The number of guanidine groups is 1. The number of nitrogens with one attached hydrogen (secondary N) is 3. The van der Waals surface area contributed by atoms with Crippen LogP contribution in [0.15, 0.2) is 52.8 Å². The van der Waals surface area contributed by atoms with Crippen molar-refractivity contribution in [1.82, 2.24) is 16.0 Å². The first kappa shape index (κ1) is 20.9. The Bertz CT molecular complexity index is 715. The van der Waals surface area contributed by atoms with Crippen LogP contribution in [0.3, 0.4) is 0 Å². The van der Waals surface area contributed by atoms with Crippen molar-refractivity contribution in [3.63, 3.8) is 0 Å². The van der Waals surface area contributed by atoms with Crippen LogP contribution in [0.5, 0.6) is 0 Å². The van der Waals surface area contributed by atoms with Gasteiger partial charge in [0.1, 0.15) is 5.60 Å². The molecular formula is C20H28N4O2S. The number of benzene rings is 1. The Kier molecular flexibility index (Phi) is 8.29.